The van der Waals surface area contributed by atoms with Crippen molar-refractivity contribution in [2.45, 2.75) is 58.3 Å². The average molecular weight is 575 g/mol. The molecule has 42 heavy (non-hydrogen) atoms. The highest BCUT2D eigenvalue weighted by Crippen LogP contribution is 2.19. The Kier molecular flexibility index (Phi) is 13.8. The van der Waals surface area contributed by atoms with E-state index in [1.54, 1.807) is 48.5 Å². The Balaban J connectivity index is 1.24. The fourth-order valence-electron chi connectivity index (χ4n) is 4.10. The van der Waals surface area contributed by atoms with Crippen LogP contribution in [0.1, 0.15) is 74.2 Å². The minimum absolute atomic E-state index is 0.365. The molecule has 0 aliphatic rings. The standard InChI is InChI=1S/C34H42N2O6/c1-2-3-7-20-39-31-15-17-32(18-16-31)42-33(37)19-12-26-10-13-30(14-11-26)40-21-8-5-4-6-9-22-41-34(38)27-23-28(35)25-29(36)24-27/h10-19,23-25H,2-9,20-22,35-36H2,1H3/b19-12+. The smallest absolute Gasteiger partial charge is 0.338 e. The van der Waals surface area contributed by atoms with Crippen molar-refractivity contribution in [2.24, 2.45) is 0 Å². The van der Waals surface area contributed by atoms with E-state index >= 15 is 0 Å². The number of carbonyl (C=O) groups is 2. The van der Waals surface area contributed by atoms with Gasteiger partial charge >= 0.3 is 11.9 Å². The molecule has 0 fully saturated rings. The molecule has 224 valence electrons. The number of hydrogen-bond acceptors (Lipinski definition) is 8. The topological polar surface area (TPSA) is 123 Å². The van der Waals surface area contributed by atoms with Gasteiger partial charge in [-0.3, -0.25) is 0 Å². The van der Waals surface area contributed by atoms with Crippen LogP contribution in [0, 0.1) is 0 Å². The van der Waals surface area contributed by atoms with Crippen LogP contribution in [0.15, 0.2) is 72.8 Å². The molecule has 0 radical (unpaired) electrons. The van der Waals surface area contributed by atoms with Crippen LogP contribution >= 0.6 is 0 Å². The van der Waals surface area contributed by atoms with Gasteiger partial charge in [-0.1, -0.05) is 51.2 Å². The monoisotopic (exact) mass is 574 g/mol. The Morgan fingerprint density at radius 1 is 0.667 bits per heavy atom. The van der Waals surface area contributed by atoms with Gasteiger partial charge in [-0.2, -0.15) is 0 Å². The molecule has 0 saturated heterocycles. The minimum atomic E-state index is -0.448. The van der Waals surface area contributed by atoms with Gasteiger partial charge in [0.05, 0.1) is 25.4 Å². The molecule has 3 rings (SSSR count). The van der Waals surface area contributed by atoms with Gasteiger partial charge in [0.2, 0.25) is 0 Å². The van der Waals surface area contributed by atoms with Crippen molar-refractivity contribution in [3.05, 3.63) is 83.9 Å². The first-order valence-corrected chi connectivity index (χ1v) is 14.6. The zero-order valence-corrected chi connectivity index (χ0v) is 24.4. The number of nitrogens with two attached hydrogens (primary N) is 2. The summed E-state index contributed by atoms with van der Waals surface area (Å²) in [5, 5.41) is 0. The second-order valence-electron chi connectivity index (χ2n) is 9.99. The van der Waals surface area contributed by atoms with Crippen LogP contribution < -0.4 is 25.7 Å². The van der Waals surface area contributed by atoms with E-state index < -0.39 is 11.9 Å². The predicted molar refractivity (Wildman–Crippen MR) is 167 cm³/mol. The van der Waals surface area contributed by atoms with Crippen LogP contribution in [0.25, 0.3) is 6.08 Å². The van der Waals surface area contributed by atoms with E-state index in [9.17, 15) is 9.59 Å². The van der Waals surface area contributed by atoms with Gasteiger partial charge in [0.1, 0.15) is 17.2 Å². The number of carbonyl (C=O) groups excluding carboxylic acids is 2. The van der Waals surface area contributed by atoms with Gasteiger partial charge in [0.15, 0.2) is 0 Å². The number of anilines is 2. The Bertz CT molecular complexity index is 1250. The fraction of sp³-hybridized carbons (Fsp3) is 0.353. The molecular weight excluding hydrogens is 532 g/mol. The number of rotatable bonds is 18. The summed E-state index contributed by atoms with van der Waals surface area (Å²) < 4.78 is 22.2. The summed E-state index contributed by atoms with van der Waals surface area (Å²) in [6, 6.07) is 19.3. The number of nitrogen functional groups attached to an aromatic ring is 2. The zero-order valence-electron chi connectivity index (χ0n) is 24.4. The van der Waals surface area contributed by atoms with E-state index in [0.717, 1.165) is 68.4 Å². The third-order valence-corrected chi connectivity index (χ3v) is 6.35. The maximum atomic E-state index is 12.2. The molecule has 0 aliphatic heterocycles. The van der Waals surface area contributed by atoms with Gasteiger partial charge in [-0.05, 0) is 85.5 Å². The maximum Gasteiger partial charge on any atom is 0.338 e. The van der Waals surface area contributed by atoms with Crippen molar-refractivity contribution >= 4 is 29.4 Å². The minimum Gasteiger partial charge on any atom is -0.494 e. The van der Waals surface area contributed by atoms with E-state index in [2.05, 4.69) is 6.92 Å². The fourth-order valence-corrected chi connectivity index (χ4v) is 4.10. The van der Waals surface area contributed by atoms with Crippen LogP contribution in [0.4, 0.5) is 11.4 Å². The molecule has 0 aromatic heterocycles. The maximum absolute atomic E-state index is 12.2. The number of esters is 2. The first-order chi connectivity index (χ1) is 20.4. The second-order valence-corrected chi connectivity index (χ2v) is 9.99. The second kappa shape index (κ2) is 18.1. The summed E-state index contributed by atoms with van der Waals surface area (Å²) in [5.41, 5.74) is 13.6. The molecule has 0 heterocycles. The summed E-state index contributed by atoms with van der Waals surface area (Å²) in [6.07, 6.45) is 11.2. The van der Waals surface area contributed by atoms with Gasteiger partial charge in [-0.15, -0.1) is 0 Å². The van der Waals surface area contributed by atoms with E-state index in [4.69, 9.17) is 30.4 Å². The molecule has 0 amide bonds. The lowest BCUT2D eigenvalue weighted by molar-refractivity contribution is -0.128. The Morgan fingerprint density at radius 3 is 1.81 bits per heavy atom. The van der Waals surface area contributed by atoms with Crippen molar-refractivity contribution in [1.29, 1.82) is 0 Å². The molecule has 3 aromatic carbocycles. The molecule has 0 bridgehead atoms. The van der Waals surface area contributed by atoms with Crippen molar-refractivity contribution < 1.29 is 28.5 Å². The van der Waals surface area contributed by atoms with Gasteiger partial charge in [0, 0.05) is 17.5 Å². The van der Waals surface area contributed by atoms with E-state index in [0.29, 0.717) is 42.5 Å². The quantitative estimate of drug-likeness (QED) is 0.0536. The molecule has 8 nitrogen and oxygen atoms in total. The van der Waals surface area contributed by atoms with Crippen LogP contribution in [0.2, 0.25) is 0 Å². The van der Waals surface area contributed by atoms with Crippen LogP contribution in [0.3, 0.4) is 0 Å². The summed E-state index contributed by atoms with van der Waals surface area (Å²) in [7, 11) is 0. The Hall–Kier alpha value is -4.46. The SMILES string of the molecule is CCCCCOc1ccc(OC(=O)/C=C/c2ccc(OCCCCCCCOC(=O)c3cc(N)cc(N)c3)cc2)cc1. The summed E-state index contributed by atoms with van der Waals surface area (Å²) >= 11 is 0. The Labute approximate surface area is 248 Å². The van der Waals surface area contributed by atoms with E-state index in [1.165, 1.54) is 6.08 Å². The molecule has 0 atom stereocenters. The van der Waals surface area contributed by atoms with Crippen LogP contribution in [-0.4, -0.2) is 31.8 Å². The lowest BCUT2D eigenvalue weighted by Gasteiger charge is -2.08. The first kappa shape index (κ1) is 32.1. The molecule has 0 aliphatic carbocycles. The van der Waals surface area contributed by atoms with Crippen LogP contribution in [0.5, 0.6) is 17.2 Å². The summed E-state index contributed by atoms with van der Waals surface area (Å²) in [6.45, 7) is 3.83. The molecular formula is C34H42N2O6. The molecule has 0 spiro atoms. The number of ether oxygens (including phenoxy) is 4. The summed E-state index contributed by atoms with van der Waals surface area (Å²) in [4.78, 5) is 24.3. The predicted octanol–water partition coefficient (Wildman–Crippen LogP) is 7.23. The van der Waals surface area contributed by atoms with Gasteiger partial charge in [-0.25, -0.2) is 9.59 Å². The summed E-state index contributed by atoms with van der Waals surface area (Å²) in [5.74, 6) is 1.16. The highest BCUT2D eigenvalue weighted by molar-refractivity contribution is 5.91. The largest absolute Gasteiger partial charge is 0.494 e. The van der Waals surface area contributed by atoms with Crippen molar-refractivity contribution in [3.8, 4) is 17.2 Å². The first-order valence-electron chi connectivity index (χ1n) is 14.6. The third-order valence-electron chi connectivity index (χ3n) is 6.35. The number of unbranched alkanes of at least 4 members (excludes halogenated alkanes) is 6. The van der Waals surface area contributed by atoms with Gasteiger partial charge < -0.3 is 30.4 Å². The van der Waals surface area contributed by atoms with E-state index in [-0.39, 0.29) is 0 Å². The lowest BCUT2D eigenvalue weighted by atomic mass is 10.1. The van der Waals surface area contributed by atoms with Crippen molar-refractivity contribution in [1.82, 2.24) is 0 Å². The average Bonchev–Trinajstić information content (AvgIpc) is 2.98. The molecule has 0 unspecified atom stereocenters. The molecule has 8 heteroatoms. The van der Waals surface area contributed by atoms with Gasteiger partial charge in [0.25, 0.3) is 0 Å². The molecule has 4 N–H and O–H groups in total. The Morgan fingerprint density at radius 2 is 1.19 bits per heavy atom. The zero-order chi connectivity index (χ0) is 30.0. The highest BCUT2D eigenvalue weighted by atomic mass is 16.5. The molecule has 3 aromatic rings. The van der Waals surface area contributed by atoms with Crippen molar-refractivity contribution in [3.63, 3.8) is 0 Å². The third kappa shape index (κ3) is 12.4. The lowest BCUT2D eigenvalue weighted by Crippen LogP contribution is -2.08. The number of benzene rings is 3. The molecule has 0 saturated carbocycles. The number of hydrogen-bond donors (Lipinski definition) is 2. The van der Waals surface area contributed by atoms with Crippen molar-refractivity contribution in [2.75, 3.05) is 31.3 Å². The van der Waals surface area contributed by atoms with E-state index in [1.807, 2.05) is 24.3 Å². The highest BCUT2D eigenvalue weighted by Gasteiger charge is 2.08. The normalized spacial score (nSPS) is 10.9. The van der Waals surface area contributed by atoms with Crippen LogP contribution in [-0.2, 0) is 9.53 Å².